The Morgan fingerprint density at radius 3 is 2.64 bits per heavy atom. The van der Waals surface area contributed by atoms with Crippen molar-refractivity contribution in [3.8, 4) is 0 Å². The lowest BCUT2D eigenvalue weighted by Gasteiger charge is -2.22. The molecule has 1 aromatic carbocycles. The quantitative estimate of drug-likeness (QED) is 0.349. The molecule has 0 saturated heterocycles. The van der Waals surface area contributed by atoms with Crippen LogP contribution in [-0.4, -0.2) is 37.4 Å². The Kier molecular flexibility index (Phi) is 9.58. The van der Waals surface area contributed by atoms with Gasteiger partial charge < -0.3 is 20.0 Å². The van der Waals surface area contributed by atoms with Crippen molar-refractivity contribution in [1.29, 1.82) is 0 Å². The van der Waals surface area contributed by atoms with Crippen molar-refractivity contribution in [3.05, 3.63) is 58.5 Å². The topological polar surface area (TPSA) is 69.9 Å². The summed E-state index contributed by atoms with van der Waals surface area (Å²) in [6.07, 6.45) is 1.58. The molecule has 8 heteroatoms. The monoisotopic (exact) mass is 520 g/mol. The third-order valence-electron chi connectivity index (χ3n) is 3.39. The van der Waals surface area contributed by atoms with Gasteiger partial charge in [0.05, 0.1) is 19.4 Å². The summed E-state index contributed by atoms with van der Waals surface area (Å²) >= 11 is 3.54. The lowest BCUT2D eigenvalue weighted by Crippen LogP contribution is -2.43. The van der Waals surface area contributed by atoms with Gasteiger partial charge in [0.25, 0.3) is 0 Å². The molecule has 0 aliphatic rings. The smallest absolute Gasteiger partial charge is 0.239 e. The average Bonchev–Trinajstić information content (AvgIpc) is 3.09. The molecule has 2 rings (SSSR count). The van der Waals surface area contributed by atoms with Gasteiger partial charge in [-0.15, -0.1) is 24.0 Å². The maximum absolute atomic E-state index is 11.9. The van der Waals surface area contributed by atoms with E-state index in [4.69, 9.17) is 4.42 Å². The van der Waals surface area contributed by atoms with E-state index >= 15 is 0 Å². The molecule has 0 unspecified atom stereocenters. The van der Waals surface area contributed by atoms with Gasteiger partial charge in [-0.3, -0.25) is 9.79 Å². The van der Waals surface area contributed by atoms with Crippen LogP contribution in [0.25, 0.3) is 0 Å². The van der Waals surface area contributed by atoms with E-state index in [-0.39, 0.29) is 36.4 Å². The molecule has 0 spiro atoms. The minimum Gasteiger partial charge on any atom is -0.467 e. The first-order valence-electron chi connectivity index (χ1n) is 7.54. The molecule has 0 bridgehead atoms. The van der Waals surface area contributed by atoms with Crippen LogP contribution in [0.2, 0.25) is 0 Å². The number of carbonyl (C=O) groups is 1. The molecule has 0 aliphatic heterocycles. The van der Waals surface area contributed by atoms with E-state index in [1.54, 1.807) is 19.4 Å². The van der Waals surface area contributed by atoms with Crippen LogP contribution in [0.1, 0.15) is 11.3 Å². The molecule has 6 nitrogen and oxygen atoms in total. The molecule has 0 aliphatic carbocycles. The molecule has 25 heavy (non-hydrogen) atoms. The maximum atomic E-state index is 11.9. The summed E-state index contributed by atoms with van der Waals surface area (Å²) in [6, 6.07) is 11.6. The fourth-order valence-corrected chi connectivity index (χ4v) is 2.57. The molecule has 0 saturated carbocycles. The Labute approximate surface area is 173 Å². The number of carbonyl (C=O) groups excluding carboxylic acids is 1. The van der Waals surface area contributed by atoms with Crippen LogP contribution in [0.4, 0.5) is 0 Å². The summed E-state index contributed by atoms with van der Waals surface area (Å²) in [5, 5.41) is 5.84. The molecule has 1 amide bonds. The summed E-state index contributed by atoms with van der Waals surface area (Å²) in [5.41, 5.74) is 1.14. The molecule has 136 valence electrons. The third-order valence-corrected chi connectivity index (χ3v) is 4.16. The number of hydrogen-bond donors (Lipinski definition) is 2. The Bertz CT molecular complexity index is 692. The number of benzene rings is 1. The van der Waals surface area contributed by atoms with Gasteiger partial charge in [0.2, 0.25) is 5.91 Å². The zero-order chi connectivity index (χ0) is 17.4. The van der Waals surface area contributed by atoms with Gasteiger partial charge in [0, 0.05) is 25.1 Å². The Hall–Kier alpha value is -1.55. The molecular formula is C17H22BrIN4O2. The van der Waals surface area contributed by atoms with Crippen LogP contribution in [0.5, 0.6) is 0 Å². The molecule has 2 aromatic rings. The summed E-state index contributed by atoms with van der Waals surface area (Å²) < 4.78 is 6.22. The highest BCUT2D eigenvalue weighted by Crippen LogP contribution is 2.17. The van der Waals surface area contributed by atoms with Gasteiger partial charge >= 0.3 is 0 Å². The number of aliphatic imine (C=N–C) groups is 1. The number of hydrogen-bond acceptors (Lipinski definition) is 3. The Balaban J connectivity index is 0.00000312. The van der Waals surface area contributed by atoms with Gasteiger partial charge in [-0.05, 0) is 23.8 Å². The van der Waals surface area contributed by atoms with Crippen molar-refractivity contribution >= 4 is 51.8 Å². The fraction of sp³-hybridized carbons (Fsp3) is 0.294. The summed E-state index contributed by atoms with van der Waals surface area (Å²) in [4.78, 5) is 18.1. The van der Waals surface area contributed by atoms with Crippen LogP contribution in [-0.2, 0) is 17.9 Å². The van der Waals surface area contributed by atoms with E-state index in [2.05, 4.69) is 31.6 Å². The number of guanidine groups is 1. The minimum atomic E-state index is -0.123. The standard InChI is InChI=1S/C17H21BrN4O2.HI/c1-19-17(22(2)12-13-6-3-4-8-15(13)18)21-11-16(23)20-10-14-7-5-9-24-14;/h3-9H,10-12H2,1-2H3,(H,19,21)(H,20,23);1H. The summed E-state index contributed by atoms with van der Waals surface area (Å²) in [7, 11) is 3.62. The number of furan rings is 1. The number of halogens is 2. The highest BCUT2D eigenvalue weighted by atomic mass is 127. The van der Waals surface area contributed by atoms with Crippen molar-refractivity contribution in [2.75, 3.05) is 20.6 Å². The summed E-state index contributed by atoms with van der Waals surface area (Å²) in [5.74, 6) is 1.25. The van der Waals surface area contributed by atoms with Crippen LogP contribution >= 0.6 is 39.9 Å². The van der Waals surface area contributed by atoms with Crippen molar-refractivity contribution in [1.82, 2.24) is 15.5 Å². The van der Waals surface area contributed by atoms with Crippen molar-refractivity contribution in [2.24, 2.45) is 4.99 Å². The van der Waals surface area contributed by atoms with Crippen molar-refractivity contribution < 1.29 is 9.21 Å². The first kappa shape index (κ1) is 21.5. The largest absolute Gasteiger partial charge is 0.467 e. The van der Waals surface area contributed by atoms with Crippen LogP contribution in [0, 0.1) is 0 Å². The number of amides is 1. The minimum absolute atomic E-state index is 0. The first-order chi connectivity index (χ1) is 11.6. The molecule has 0 radical (unpaired) electrons. The highest BCUT2D eigenvalue weighted by molar-refractivity contribution is 14.0. The van der Waals surface area contributed by atoms with Gasteiger partial charge in [0.15, 0.2) is 5.96 Å². The molecule has 2 N–H and O–H groups in total. The molecule has 0 atom stereocenters. The van der Waals surface area contributed by atoms with Gasteiger partial charge in [-0.25, -0.2) is 0 Å². The Morgan fingerprint density at radius 1 is 1.24 bits per heavy atom. The van der Waals surface area contributed by atoms with Crippen molar-refractivity contribution in [2.45, 2.75) is 13.1 Å². The highest BCUT2D eigenvalue weighted by Gasteiger charge is 2.10. The van der Waals surface area contributed by atoms with E-state index in [0.717, 1.165) is 15.8 Å². The number of nitrogens with zero attached hydrogens (tertiary/aromatic N) is 2. The molecule has 1 aromatic heterocycles. The predicted octanol–water partition coefficient (Wildman–Crippen LogP) is 2.98. The zero-order valence-corrected chi connectivity index (χ0v) is 18.1. The number of nitrogens with one attached hydrogen (secondary N) is 2. The SMILES string of the molecule is CN=C(NCC(=O)NCc1ccco1)N(C)Cc1ccccc1Br.I. The molecular weight excluding hydrogens is 499 g/mol. The van der Waals surface area contributed by atoms with Crippen LogP contribution in [0.3, 0.4) is 0 Å². The summed E-state index contributed by atoms with van der Waals surface area (Å²) in [6.45, 7) is 1.20. The van der Waals surface area contributed by atoms with E-state index in [1.165, 1.54) is 0 Å². The van der Waals surface area contributed by atoms with E-state index in [9.17, 15) is 4.79 Å². The second kappa shape index (κ2) is 11.1. The average molecular weight is 521 g/mol. The van der Waals surface area contributed by atoms with Crippen molar-refractivity contribution in [3.63, 3.8) is 0 Å². The predicted molar refractivity (Wildman–Crippen MR) is 113 cm³/mol. The van der Waals surface area contributed by atoms with Crippen LogP contribution in [0.15, 0.2) is 56.5 Å². The lowest BCUT2D eigenvalue weighted by atomic mass is 10.2. The second-order valence-corrected chi connectivity index (χ2v) is 6.06. The first-order valence-corrected chi connectivity index (χ1v) is 8.33. The third kappa shape index (κ3) is 7.07. The van der Waals surface area contributed by atoms with Gasteiger partial charge in [0.1, 0.15) is 5.76 Å². The number of rotatable bonds is 6. The van der Waals surface area contributed by atoms with E-state index < -0.39 is 0 Å². The maximum Gasteiger partial charge on any atom is 0.239 e. The van der Waals surface area contributed by atoms with Gasteiger partial charge in [-0.2, -0.15) is 0 Å². The van der Waals surface area contributed by atoms with E-state index in [0.29, 0.717) is 19.0 Å². The van der Waals surface area contributed by atoms with E-state index in [1.807, 2.05) is 42.3 Å². The Morgan fingerprint density at radius 2 is 2.00 bits per heavy atom. The van der Waals surface area contributed by atoms with Crippen LogP contribution < -0.4 is 10.6 Å². The lowest BCUT2D eigenvalue weighted by molar-refractivity contribution is -0.120. The van der Waals surface area contributed by atoms with Gasteiger partial charge in [-0.1, -0.05) is 34.1 Å². The normalized spacial score (nSPS) is 10.8. The molecule has 1 heterocycles. The fourth-order valence-electron chi connectivity index (χ4n) is 2.16. The zero-order valence-electron chi connectivity index (χ0n) is 14.2. The molecule has 0 fully saturated rings. The second-order valence-electron chi connectivity index (χ2n) is 5.20.